The zero-order valence-corrected chi connectivity index (χ0v) is 17.6. The summed E-state index contributed by atoms with van der Waals surface area (Å²) in [5.41, 5.74) is 0.145. The minimum absolute atomic E-state index is 0.239. The standard InChI is InChI=1S/C20H33BN4O3/c1-19(2)20(3,4)28-21(27-19)16-11-22-18(23-12-16)25(17-5-6-17)14-15-7-8-24(13-15)9-10-26/h11-12,15,17,26H,5-10,13-14H2,1-4H3. The van der Waals surface area contributed by atoms with E-state index in [4.69, 9.17) is 14.4 Å². The average Bonchev–Trinajstić information content (AvgIpc) is 3.34. The monoisotopic (exact) mass is 388 g/mol. The van der Waals surface area contributed by atoms with Gasteiger partial charge in [0.25, 0.3) is 0 Å². The minimum atomic E-state index is -0.421. The van der Waals surface area contributed by atoms with Gasteiger partial charge in [0.1, 0.15) is 0 Å². The number of aliphatic hydroxyl groups excluding tert-OH is 1. The van der Waals surface area contributed by atoms with E-state index < -0.39 is 7.12 Å². The van der Waals surface area contributed by atoms with E-state index in [1.54, 1.807) is 0 Å². The molecule has 0 bridgehead atoms. The molecule has 154 valence electrons. The lowest BCUT2D eigenvalue weighted by Gasteiger charge is -2.32. The second-order valence-corrected chi connectivity index (χ2v) is 9.47. The van der Waals surface area contributed by atoms with E-state index in [9.17, 15) is 0 Å². The number of anilines is 1. The molecule has 3 heterocycles. The molecule has 3 fully saturated rings. The van der Waals surface area contributed by atoms with E-state index in [1.807, 2.05) is 12.4 Å². The Hall–Kier alpha value is -1.22. The fourth-order valence-electron chi connectivity index (χ4n) is 4.05. The van der Waals surface area contributed by atoms with Crippen LogP contribution < -0.4 is 10.4 Å². The number of aliphatic hydroxyl groups is 1. The third-order valence-electron chi connectivity index (χ3n) is 6.67. The summed E-state index contributed by atoms with van der Waals surface area (Å²) in [4.78, 5) is 14.1. The highest BCUT2D eigenvalue weighted by Crippen LogP contribution is 2.36. The summed E-state index contributed by atoms with van der Waals surface area (Å²) in [5, 5.41) is 9.16. The van der Waals surface area contributed by atoms with Crippen molar-refractivity contribution in [2.24, 2.45) is 5.92 Å². The molecule has 1 aromatic heterocycles. The van der Waals surface area contributed by atoms with Gasteiger partial charge in [0.15, 0.2) is 0 Å². The third kappa shape index (κ3) is 4.06. The minimum Gasteiger partial charge on any atom is -0.399 e. The zero-order valence-electron chi connectivity index (χ0n) is 17.6. The van der Waals surface area contributed by atoms with E-state index in [2.05, 4.69) is 47.5 Å². The van der Waals surface area contributed by atoms with Crippen LogP contribution in [0, 0.1) is 5.92 Å². The topological polar surface area (TPSA) is 71.0 Å². The predicted octanol–water partition coefficient (Wildman–Crippen LogP) is 1.06. The molecule has 0 spiro atoms. The molecule has 1 unspecified atom stereocenters. The number of β-amino-alcohol motifs (C(OH)–C–C–N with tert-alkyl or cyclic N) is 1. The van der Waals surface area contributed by atoms with Crippen LogP contribution in [0.2, 0.25) is 0 Å². The van der Waals surface area contributed by atoms with Gasteiger partial charge in [0, 0.05) is 43.5 Å². The first kappa shape index (κ1) is 20.1. The van der Waals surface area contributed by atoms with Gasteiger partial charge in [-0.2, -0.15) is 0 Å². The van der Waals surface area contributed by atoms with Crippen molar-refractivity contribution in [1.82, 2.24) is 14.9 Å². The molecule has 28 heavy (non-hydrogen) atoms. The highest BCUT2D eigenvalue weighted by Gasteiger charge is 2.52. The van der Waals surface area contributed by atoms with Gasteiger partial charge >= 0.3 is 7.12 Å². The fourth-order valence-corrected chi connectivity index (χ4v) is 4.05. The Morgan fingerprint density at radius 2 is 1.79 bits per heavy atom. The Morgan fingerprint density at radius 3 is 2.36 bits per heavy atom. The molecule has 3 aliphatic rings. The second kappa shape index (κ2) is 7.56. The number of nitrogens with zero attached hydrogens (tertiary/aromatic N) is 4. The lowest BCUT2D eigenvalue weighted by atomic mass is 9.81. The van der Waals surface area contributed by atoms with Crippen molar-refractivity contribution in [3.63, 3.8) is 0 Å². The van der Waals surface area contributed by atoms with Crippen molar-refractivity contribution in [3.05, 3.63) is 12.4 Å². The Morgan fingerprint density at radius 1 is 1.14 bits per heavy atom. The first-order valence-corrected chi connectivity index (χ1v) is 10.6. The highest BCUT2D eigenvalue weighted by molar-refractivity contribution is 6.61. The van der Waals surface area contributed by atoms with E-state index in [1.165, 1.54) is 19.3 Å². The first-order chi connectivity index (χ1) is 13.3. The van der Waals surface area contributed by atoms with Crippen molar-refractivity contribution >= 4 is 18.5 Å². The molecule has 4 rings (SSSR count). The molecular formula is C20H33BN4O3. The van der Waals surface area contributed by atoms with Crippen LogP contribution >= 0.6 is 0 Å². The number of likely N-dealkylation sites (tertiary alicyclic amines) is 1. The normalized spacial score (nSPS) is 26.8. The maximum atomic E-state index is 9.16. The molecule has 1 N–H and O–H groups in total. The summed E-state index contributed by atoms with van der Waals surface area (Å²) in [6.07, 6.45) is 7.32. The van der Waals surface area contributed by atoms with Crippen LogP contribution in [0.15, 0.2) is 12.4 Å². The van der Waals surface area contributed by atoms with Gasteiger partial charge in [-0.25, -0.2) is 9.97 Å². The van der Waals surface area contributed by atoms with Gasteiger partial charge < -0.3 is 24.2 Å². The molecule has 1 aliphatic carbocycles. The van der Waals surface area contributed by atoms with Gasteiger partial charge in [-0.15, -0.1) is 0 Å². The van der Waals surface area contributed by atoms with Crippen molar-refractivity contribution < 1.29 is 14.4 Å². The molecule has 0 aromatic carbocycles. The Bertz CT molecular complexity index is 665. The molecule has 8 heteroatoms. The van der Waals surface area contributed by atoms with Crippen LogP contribution in [-0.4, -0.2) is 77.1 Å². The van der Waals surface area contributed by atoms with E-state index in [0.717, 1.165) is 37.6 Å². The number of rotatable bonds is 7. The van der Waals surface area contributed by atoms with Crippen LogP contribution in [0.3, 0.4) is 0 Å². The number of hydrogen-bond acceptors (Lipinski definition) is 7. The zero-order chi connectivity index (χ0) is 19.9. The maximum absolute atomic E-state index is 9.16. The summed E-state index contributed by atoms with van der Waals surface area (Å²) in [7, 11) is -0.421. The van der Waals surface area contributed by atoms with E-state index >= 15 is 0 Å². The van der Waals surface area contributed by atoms with E-state index in [0.29, 0.717) is 12.0 Å². The van der Waals surface area contributed by atoms with Gasteiger partial charge in [0.05, 0.1) is 17.8 Å². The average molecular weight is 388 g/mol. The Kier molecular flexibility index (Phi) is 5.42. The van der Waals surface area contributed by atoms with Crippen LogP contribution in [-0.2, 0) is 9.31 Å². The van der Waals surface area contributed by atoms with Gasteiger partial charge in [-0.05, 0) is 59.4 Å². The van der Waals surface area contributed by atoms with Crippen molar-refractivity contribution in [2.45, 2.75) is 64.2 Å². The summed E-state index contributed by atoms with van der Waals surface area (Å²) in [6, 6.07) is 0.564. The SMILES string of the molecule is CC1(C)OB(c2cnc(N(CC3CCN(CCO)C3)C3CC3)nc2)OC1(C)C. The Balaban J connectivity index is 1.42. The molecule has 7 nitrogen and oxygen atoms in total. The fraction of sp³-hybridized carbons (Fsp3) is 0.800. The summed E-state index contributed by atoms with van der Waals surface area (Å²) >= 11 is 0. The van der Waals surface area contributed by atoms with E-state index in [-0.39, 0.29) is 17.8 Å². The number of aromatic nitrogens is 2. The molecule has 1 aromatic rings. The number of hydrogen-bond donors (Lipinski definition) is 1. The highest BCUT2D eigenvalue weighted by atomic mass is 16.7. The summed E-state index contributed by atoms with van der Waals surface area (Å²) in [6.45, 7) is 12.3. The van der Waals surface area contributed by atoms with Crippen LogP contribution in [0.4, 0.5) is 5.95 Å². The first-order valence-electron chi connectivity index (χ1n) is 10.6. The summed E-state index contributed by atoms with van der Waals surface area (Å²) < 4.78 is 12.2. The van der Waals surface area contributed by atoms with Crippen LogP contribution in [0.25, 0.3) is 0 Å². The van der Waals surface area contributed by atoms with Crippen LogP contribution in [0.5, 0.6) is 0 Å². The van der Waals surface area contributed by atoms with Crippen LogP contribution in [0.1, 0.15) is 47.0 Å². The summed E-state index contributed by atoms with van der Waals surface area (Å²) in [5.74, 6) is 1.42. The quantitative estimate of drug-likeness (QED) is 0.701. The Labute approximate surface area is 168 Å². The van der Waals surface area contributed by atoms with Gasteiger partial charge in [-0.1, -0.05) is 0 Å². The lowest BCUT2D eigenvalue weighted by molar-refractivity contribution is 0.00578. The largest absolute Gasteiger partial charge is 0.498 e. The lowest BCUT2D eigenvalue weighted by Crippen LogP contribution is -2.41. The van der Waals surface area contributed by atoms with Crippen molar-refractivity contribution in [2.75, 3.05) is 37.7 Å². The predicted molar refractivity (Wildman–Crippen MR) is 110 cm³/mol. The molecule has 2 saturated heterocycles. The molecule has 0 amide bonds. The van der Waals surface area contributed by atoms with Crippen molar-refractivity contribution in [1.29, 1.82) is 0 Å². The molecule has 2 aliphatic heterocycles. The second-order valence-electron chi connectivity index (χ2n) is 9.47. The molecule has 0 radical (unpaired) electrons. The van der Waals surface area contributed by atoms with Crippen molar-refractivity contribution in [3.8, 4) is 0 Å². The smallest absolute Gasteiger partial charge is 0.399 e. The third-order valence-corrected chi connectivity index (χ3v) is 6.67. The van der Waals surface area contributed by atoms with Gasteiger partial charge in [-0.3, -0.25) is 0 Å². The molecule has 1 atom stereocenters. The van der Waals surface area contributed by atoms with Gasteiger partial charge in [0.2, 0.25) is 5.95 Å². The maximum Gasteiger partial charge on any atom is 0.498 e. The molecule has 1 saturated carbocycles. The molecular weight excluding hydrogens is 355 g/mol.